The number of hydrazone groups is 1. The van der Waals surface area contributed by atoms with Gasteiger partial charge >= 0.3 is 0 Å². The van der Waals surface area contributed by atoms with Gasteiger partial charge in [0.05, 0.1) is 6.21 Å². The van der Waals surface area contributed by atoms with Gasteiger partial charge in [0.2, 0.25) is 6.41 Å². The van der Waals surface area contributed by atoms with Gasteiger partial charge in [0.15, 0.2) is 0 Å². The Morgan fingerprint density at radius 3 is 2.73 bits per heavy atom. The summed E-state index contributed by atoms with van der Waals surface area (Å²) in [5, 5.41) is 6.05. The van der Waals surface area contributed by atoms with Crippen LogP contribution in [0.5, 0.6) is 0 Å². The quantitative estimate of drug-likeness (QED) is 0.457. The summed E-state index contributed by atoms with van der Waals surface area (Å²) in [4.78, 5) is 10.0. The van der Waals surface area contributed by atoms with Gasteiger partial charge in [-0.2, -0.15) is 5.10 Å². The highest BCUT2D eigenvalue weighted by molar-refractivity contribution is 5.99. The third-order valence-electron chi connectivity index (χ3n) is 2.15. The van der Waals surface area contributed by atoms with Crippen molar-refractivity contribution in [1.29, 1.82) is 0 Å². The second-order valence-corrected chi connectivity index (χ2v) is 3.07. The normalized spacial score (nSPS) is 10.7. The first kappa shape index (κ1) is 9.40. The van der Waals surface area contributed by atoms with Crippen molar-refractivity contribution in [3.05, 3.63) is 48.0 Å². The molecule has 0 aromatic heterocycles. The van der Waals surface area contributed by atoms with E-state index in [1.807, 2.05) is 42.5 Å². The number of carbonyl (C=O) groups excluding carboxylic acids is 1. The fourth-order valence-corrected chi connectivity index (χ4v) is 1.50. The molecule has 0 aliphatic carbocycles. The van der Waals surface area contributed by atoms with Crippen LogP contribution in [0.15, 0.2) is 47.6 Å². The Bertz CT molecular complexity index is 500. The zero-order valence-corrected chi connectivity index (χ0v) is 8.05. The van der Waals surface area contributed by atoms with Crippen molar-refractivity contribution in [1.82, 2.24) is 5.43 Å². The standard InChI is InChI=1S/C12H10N2O/c15-9-14-13-8-11-6-3-5-10-4-1-2-7-12(10)11/h1-9H,(H,14,15)/b13-8-. The van der Waals surface area contributed by atoms with Gasteiger partial charge in [0.1, 0.15) is 0 Å². The molecular formula is C12H10N2O. The van der Waals surface area contributed by atoms with Gasteiger partial charge in [-0.1, -0.05) is 42.5 Å². The molecule has 0 saturated carbocycles. The summed E-state index contributed by atoms with van der Waals surface area (Å²) in [6.07, 6.45) is 2.18. The number of nitrogens with zero attached hydrogens (tertiary/aromatic N) is 1. The van der Waals surface area contributed by atoms with Crippen LogP contribution in [0.25, 0.3) is 10.8 Å². The van der Waals surface area contributed by atoms with E-state index >= 15 is 0 Å². The summed E-state index contributed by atoms with van der Waals surface area (Å²) in [6.45, 7) is 0. The largest absolute Gasteiger partial charge is 0.277 e. The Labute approximate surface area is 87.4 Å². The summed E-state index contributed by atoms with van der Waals surface area (Å²) in [7, 11) is 0. The van der Waals surface area contributed by atoms with Crippen molar-refractivity contribution in [2.75, 3.05) is 0 Å². The fourth-order valence-electron chi connectivity index (χ4n) is 1.50. The predicted molar refractivity (Wildman–Crippen MR) is 60.7 cm³/mol. The van der Waals surface area contributed by atoms with Gasteiger partial charge < -0.3 is 0 Å². The van der Waals surface area contributed by atoms with Gasteiger partial charge in [-0.25, -0.2) is 5.43 Å². The van der Waals surface area contributed by atoms with Crippen LogP contribution < -0.4 is 5.43 Å². The van der Waals surface area contributed by atoms with Crippen LogP contribution >= 0.6 is 0 Å². The third-order valence-corrected chi connectivity index (χ3v) is 2.15. The minimum Gasteiger partial charge on any atom is -0.277 e. The number of rotatable bonds is 3. The molecule has 0 spiro atoms. The summed E-state index contributed by atoms with van der Waals surface area (Å²) in [5.41, 5.74) is 3.24. The van der Waals surface area contributed by atoms with Crippen LogP contribution in [-0.4, -0.2) is 12.6 Å². The highest BCUT2D eigenvalue weighted by atomic mass is 16.1. The smallest absolute Gasteiger partial charge is 0.227 e. The van der Waals surface area contributed by atoms with E-state index in [1.165, 1.54) is 0 Å². The van der Waals surface area contributed by atoms with E-state index in [9.17, 15) is 4.79 Å². The molecule has 3 nitrogen and oxygen atoms in total. The molecule has 2 aromatic rings. The summed E-state index contributed by atoms with van der Waals surface area (Å²) < 4.78 is 0. The van der Waals surface area contributed by atoms with Crippen molar-refractivity contribution >= 4 is 23.4 Å². The molecule has 0 aliphatic rings. The highest BCUT2D eigenvalue weighted by Crippen LogP contribution is 2.16. The lowest BCUT2D eigenvalue weighted by Gasteiger charge is -2.00. The summed E-state index contributed by atoms with van der Waals surface area (Å²) in [6, 6.07) is 14.0. The second-order valence-electron chi connectivity index (χ2n) is 3.07. The number of hydrogen-bond donors (Lipinski definition) is 1. The lowest BCUT2D eigenvalue weighted by Crippen LogP contribution is -2.00. The van der Waals surface area contributed by atoms with E-state index < -0.39 is 0 Å². The van der Waals surface area contributed by atoms with Gasteiger partial charge in [-0.15, -0.1) is 0 Å². The number of nitrogens with one attached hydrogen (secondary N) is 1. The van der Waals surface area contributed by atoms with E-state index in [0.717, 1.165) is 16.3 Å². The molecule has 0 heterocycles. The van der Waals surface area contributed by atoms with E-state index in [2.05, 4.69) is 10.5 Å². The van der Waals surface area contributed by atoms with Gasteiger partial charge in [-0.05, 0) is 10.8 Å². The number of benzene rings is 2. The van der Waals surface area contributed by atoms with Crippen LogP contribution in [-0.2, 0) is 4.79 Å². The molecule has 0 aliphatic heterocycles. The molecule has 3 heteroatoms. The zero-order valence-electron chi connectivity index (χ0n) is 8.05. The minimum atomic E-state index is 0.543. The number of carbonyl (C=O) groups is 1. The first-order chi connectivity index (χ1) is 7.42. The van der Waals surface area contributed by atoms with Gasteiger partial charge in [-0.3, -0.25) is 4.79 Å². The maximum atomic E-state index is 10.0. The van der Waals surface area contributed by atoms with E-state index in [-0.39, 0.29) is 0 Å². The molecule has 0 bridgehead atoms. The Kier molecular flexibility index (Phi) is 2.74. The van der Waals surface area contributed by atoms with Crippen LogP contribution in [0.1, 0.15) is 5.56 Å². The SMILES string of the molecule is O=CN/N=C\c1cccc2ccccc12. The van der Waals surface area contributed by atoms with Crippen LogP contribution in [0.4, 0.5) is 0 Å². The average molecular weight is 198 g/mol. The Hall–Kier alpha value is -2.16. The molecule has 1 amide bonds. The monoisotopic (exact) mass is 198 g/mol. The Balaban J connectivity index is 2.46. The predicted octanol–water partition coefficient (Wildman–Crippen LogP) is 1.92. The van der Waals surface area contributed by atoms with Crippen LogP contribution in [0.3, 0.4) is 0 Å². The lowest BCUT2D eigenvalue weighted by atomic mass is 10.1. The minimum absolute atomic E-state index is 0.543. The average Bonchev–Trinajstić information content (AvgIpc) is 2.30. The molecule has 0 fully saturated rings. The molecule has 0 unspecified atom stereocenters. The number of hydrogen-bond acceptors (Lipinski definition) is 2. The Morgan fingerprint density at radius 1 is 1.07 bits per heavy atom. The molecule has 0 atom stereocenters. The molecular weight excluding hydrogens is 188 g/mol. The second kappa shape index (κ2) is 4.37. The number of fused-ring (bicyclic) bond motifs is 1. The van der Waals surface area contributed by atoms with E-state index in [0.29, 0.717) is 6.41 Å². The molecule has 0 radical (unpaired) electrons. The van der Waals surface area contributed by atoms with Crippen LogP contribution in [0.2, 0.25) is 0 Å². The molecule has 2 rings (SSSR count). The molecule has 15 heavy (non-hydrogen) atoms. The Morgan fingerprint density at radius 2 is 1.87 bits per heavy atom. The highest BCUT2D eigenvalue weighted by Gasteiger charge is 1.95. The molecule has 2 aromatic carbocycles. The first-order valence-corrected chi connectivity index (χ1v) is 4.62. The van der Waals surface area contributed by atoms with Crippen molar-refractivity contribution in [2.45, 2.75) is 0 Å². The zero-order chi connectivity index (χ0) is 10.5. The fraction of sp³-hybridized carbons (Fsp3) is 0. The molecule has 1 N–H and O–H groups in total. The summed E-state index contributed by atoms with van der Waals surface area (Å²) >= 11 is 0. The van der Waals surface area contributed by atoms with E-state index in [4.69, 9.17) is 0 Å². The van der Waals surface area contributed by atoms with Crippen molar-refractivity contribution < 1.29 is 4.79 Å². The number of amides is 1. The van der Waals surface area contributed by atoms with Crippen molar-refractivity contribution in [3.8, 4) is 0 Å². The summed E-state index contributed by atoms with van der Waals surface area (Å²) in [5.74, 6) is 0. The van der Waals surface area contributed by atoms with Gasteiger partial charge in [0, 0.05) is 5.56 Å². The van der Waals surface area contributed by atoms with E-state index in [1.54, 1.807) is 6.21 Å². The van der Waals surface area contributed by atoms with Crippen molar-refractivity contribution in [2.24, 2.45) is 5.10 Å². The lowest BCUT2D eigenvalue weighted by molar-refractivity contribution is -0.109. The first-order valence-electron chi connectivity index (χ1n) is 4.62. The topological polar surface area (TPSA) is 41.5 Å². The maximum absolute atomic E-state index is 10.0. The molecule has 74 valence electrons. The van der Waals surface area contributed by atoms with Gasteiger partial charge in [0.25, 0.3) is 0 Å². The maximum Gasteiger partial charge on any atom is 0.227 e. The third kappa shape index (κ3) is 2.02. The van der Waals surface area contributed by atoms with Crippen molar-refractivity contribution in [3.63, 3.8) is 0 Å². The molecule has 0 saturated heterocycles. The van der Waals surface area contributed by atoms with Crippen LogP contribution in [0, 0.1) is 0 Å².